The second-order valence-electron chi connectivity index (χ2n) is 3.49. The Morgan fingerprint density at radius 2 is 2.12 bits per heavy atom. The molecule has 0 radical (unpaired) electrons. The average molecular weight is 312 g/mol. The van der Waals surface area contributed by atoms with Crippen molar-refractivity contribution >= 4 is 27.7 Å². The third-order valence-electron chi connectivity index (χ3n) is 2.24. The number of thioether (sulfide) groups is 1. The Labute approximate surface area is 113 Å². The summed E-state index contributed by atoms with van der Waals surface area (Å²) in [7, 11) is 0. The number of pyridine rings is 1. The van der Waals surface area contributed by atoms with Gasteiger partial charge < -0.3 is 0 Å². The summed E-state index contributed by atoms with van der Waals surface area (Å²) in [6.45, 7) is 0. The van der Waals surface area contributed by atoms with Crippen LogP contribution >= 0.6 is 27.7 Å². The molecule has 17 heavy (non-hydrogen) atoms. The molecular formula is C13H11BrFNS. The van der Waals surface area contributed by atoms with E-state index >= 15 is 0 Å². The van der Waals surface area contributed by atoms with E-state index in [1.165, 1.54) is 17.8 Å². The molecule has 0 amide bonds. The van der Waals surface area contributed by atoms with Crippen molar-refractivity contribution in [2.45, 2.75) is 11.3 Å². The van der Waals surface area contributed by atoms with Crippen molar-refractivity contribution in [2.75, 3.05) is 5.75 Å². The molecule has 0 N–H and O–H groups in total. The minimum absolute atomic E-state index is 0.167. The van der Waals surface area contributed by atoms with Crippen LogP contribution in [0.4, 0.5) is 4.39 Å². The Morgan fingerprint density at radius 1 is 1.24 bits per heavy atom. The second kappa shape index (κ2) is 6.17. The molecule has 0 saturated heterocycles. The van der Waals surface area contributed by atoms with Gasteiger partial charge in [-0.2, -0.15) is 0 Å². The largest absolute Gasteiger partial charge is 0.261 e. The summed E-state index contributed by atoms with van der Waals surface area (Å²) in [6.07, 6.45) is 2.62. The molecule has 0 aliphatic carbocycles. The fraction of sp³-hybridized carbons (Fsp3) is 0.154. The van der Waals surface area contributed by atoms with Crippen LogP contribution in [0, 0.1) is 5.82 Å². The van der Waals surface area contributed by atoms with Crippen LogP contribution in [0.15, 0.2) is 52.0 Å². The van der Waals surface area contributed by atoms with E-state index in [9.17, 15) is 4.39 Å². The molecule has 0 unspecified atom stereocenters. The summed E-state index contributed by atoms with van der Waals surface area (Å²) >= 11 is 4.85. The van der Waals surface area contributed by atoms with E-state index < -0.39 is 0 Å². The van der Waals surface area contributed by atoms with Gasteiger partial charge in [-0.3, -0.25) is 4.98 Å². The molecule has 1 nitrogen and oxygen atoms in total. The fourth-order valence-corrected chi connectivity index (χ4v) is 2.86. The maximum Gasteiger partial charge on any atom is 0.136 e. The monoisotopic (exact) mass is 311 g/mol. The number of hydrogen-bond acceptors (Lipinski definition) is 2. The van der Waals surface area contributed by atoms with Gasteiger partial charge >= 0.3 is 0 Å². The van der Waals surface area contributed by atoms with Crippen LogP contribution in [-0.4, -0.2) is 10.7 Å². The first-order valence-electron chi connectivity index (χ1n) is 5.23. The molecule has 2 rings (SSSR count). The van der Waals surface area contributed by atoms with Crippen molar-refractivity contribution in [3.8, 4) is 0 Å². The quantitative estimate of drug-likeness (QED) is 0.780. The van der Waals surface area contributed by atoms with Crippen molar-refractivity contribution in [2.24, 2.45) is 0 Å². The maximum atomic E-state index is 13.4. The van der Waals surface area contributed by atoms with Crippen molar-refractivity contribution in [3.63, 3.8) is 0 Å². The summed E-state index contributed by atoms with van der Waals surface area (Å²) in [5.74, 6) is 0.656. The Balaban J connectivity index is 1.92. The molecule has 1 aromatic carbocycles. The highest BCUT2D eigenvalue weighted by molar-refractivity contribution is 9.10. The van der Waals surface area contributed by atoms with Gasteiger partial charge in [-0.1, -0.05) is 22.0 Å². The van der Waals surface area contributed by atoms with E-state index in [1.807, 2.05) is 18.2 Å². The summed E-state index contributed by atoms with van der Waals surface area (Å²) in [5, 5.41) is 0. The molecular weight excluding hydrogens is 301 g/mol. The first-order chi connectivity index (χ1) is 8.25. The minimum Gasteiger partial charge on any atom is -0.261 e. The Kier molecular flexibility index (Phi) is 4.57. The summed E-state index contributed by atoms with van der Waals surface area (Å²) in [4.78, 5) is 4.91. The van der Waals surface area contributed by atoms with E-state index in [4.69, 9.17) is 0 Å². The van der Waals surface area contributed by atoms with E-state index in [2.05, 4.69) is 20.9 Å². The predicted octanol–water partition coefficient (Wildman–Crippen LogP) is 4.32. The van der Waals surface area contributed by atoms with Gasteiger partial charge in [0.1, 0.15) is 5.82 Å². The van der Waals surface area contributed by atoms with Crippen molar-refractivity contribution in [1.82, 2.24) is 4.98 Å². The highest BCUT2D eigenvalue weighted by atomic mass is 79.9. The molecule has 0 atom stereocenters. The van der Waals surface area contributed by atoms with Crippen LogP contribution in [0.25, 0.3) is 0 Å². The van der Waals surface area contributed by atoms with Crippen LogP contribution in [0.3, 0.4) is 0 Å². The summed E-state index contributed by atoms with van der Waals surface area (Å²) in [5.41, 5.74) is 1.04. The molecule has 4 heteroatoms. The Hall–Kier alpha value is -0.870. The second-order valence-corrected chi connectivity index (χ2v) is 5.55. The molecule has 0 bridgehead atoms. The topological polar surface area (TPSA) is 12.9 Å². The van der Waals surface area contributed by atoms with E-state index in [0.29, 0.717) is 4.90 Å². The number of hydrogen-bond donors (Lipinski definition) is 0. The van der Waals surface area contributed by atoms with E-state index in [-0.39, 0.29) is 5.82 Å². The first-order valence-corrected chi connectivity index (χ1v) is 7.01. The van der Waals surface area contributed by atoms with Crippen LogP contribution in [0.1, 0.15) is 5.69 Å². The summed E-state index contributed by atoms with van der Waals surface area (Å²) in [6, 6.07) is 10.8. The van der Waals surface area contributed by atoms with Crippen LogP contribution < -0.4 is 0 Å². The van der Waals surface area contributed by atoms with Crippen molar-refractivity contribution in [3.05, 3.63) is 58.6 Å². The highest BCUT2D eigenvalue weighted by Gasteiger charge is 2.03. The van der Waals surface area contributed by atoms with Crippen molar-refractivity contribution < 1.29 is 4.39 Å². The lowest BCUT2D eigenvalue weighted by Crippen LogP contribution is -1.92. The number of rotatable bonds is 4. The zero-order chi connectivity index (χ0) is 12.1. The number of benzene rings is 1. The van der Waals surface area contributed by atoms with Gasteiger partial charge in [0.05, 0.1) is 0 Å². The zero-order valence-electron chi connectivity index (χ0n) is 9.07. The zero-order valence-corrected chi connectivity index (χ0v) is 11.5. The standard InChI is InChI=1S/C13H11BrFNS/c14-10-4-5-12(15)13(9-10)17-8-6-11-3-1-2-7-16-11/h1-5,7,9H,6,8H2. The molecule has 0 aliphatic rings. The normalized spacial score (nSPS) is 10.5. The molecule has 1 heterocycles. The first kappa shape index (κ1) is 12.6. The highest BCUT2D eigenvalue weighted by Crippen LogP contribution is 2.25. The third kappa shape index (κ3) is 3.82. The van der Waals surface area contributed by atoms with E-state index in [1.54, 1.807) is 18.3 Å². The lowest BCUT2D eigenvalue weighted by molar-refractivity contribution is 0.601. The van der Waals surface area contributed by atoms with Gasteiger partial charge in [-0.05, 0) is 36.8 Å². The fourth-order valence-electron chi connectivity index (χ4n) is 1.40. The van der Waals surface area contributed by atoms with Crippen molar-refractivity contribution in [1.29, 1.82) is 0 Å². The lowest BCUT2D eigenvalue weighted by Gasteiger charge is -2.03. The Bertz CT molecular complexity index is 490. The van der Waals surface area contributed by atoms with Crippen LogP contribution in [-0.2, 0) is 6.42 Å². The lowest BCUT2D eigenvalue weighted by atomic mass is 10.3. The van der Waals surface area contributed by atoms with Gasteiger partial charge in [0.15, 0.2) is 0 Å². The molecule has 0 spiro atoms. The predicted molar refractivity (Wildman–Crippen MR) is 72.8 cm³/mol. The molecule has 0 saturated carbocycles. The molecule has 0 fully saturated rings. The van der Waals surface area contributed by atoms with E-state index in [0.717, 1.165) is 22.3 Å². The molecule has 88 valence electrons. The minimum atomic E-state index is -0.167. The van der Waals surface area contributed by atoms with Crippen LogP contribution in [0.5, 0.6) is 0 Å². The van der Waals surface area contributed by atoms with Gasteiger partial charge in [0.25, 0.3) is 0 Å². The van der Waals surface area contributed by atoms with Gasteiger partial charge in [-0.15, -0.1) is 11.8 Å². The number of aromatic nitrogens is 1. The number of halogens is 2. The Morgan fingerprint density at radius 3 is 2.88 bits per heavy atom. The number of aryl methyl sites for hydroxylation is 1. The third-order valence-corrected chi connectivity index (χ3v) is 3.76. The van der Waals surface area contributed by atoms with Gasteiger partial charge in [-0.25, -0.2) is 4.39 Å². The molecule has 0 aliphatic heterocycles. The number of nitrogens with zero attached hydrogens (tertiary/aromatic N) is 1. The molecule has 2 aromatic rings. The summed E-state index contributed by atoms with van der Waals surface area (Å²) < 4.78 is 14.3. The molecule has 1 aromatic heterocycles. The van der Waals surface area contributed by atoms with Gasteiger partial charge in [0, 0.05) is 27.0 Å². The SMILES string of the molecule is Fc1ccc(Br)cc1SCCc1ccccn1. The van der Waals surface area contributed by atoms with Crippen LogP contribution in [0.2, 0.25) is 0 Å². The average Bonchev–Trinajstić information content (AvgIpc) is 2.35. The van der Waals surface area contributed by atoms with Gasteiger partial charge in [0.2, 0.25) is 0 Å². The smallest absolute Gasteiger partial charge is 0.136 e. The maximum absolute atomic E-state index is 13.4.